The molecule has 3 fully saturated rings. The summed E-state index contributed by atoms with van der Waals surface area (Å²) in [5, 5.41) is 14.2. The van der Waals surface area contributed by atoms with E-state index in [0.717, 1.165) is 29.3 Å². The number of nitrogens with zero attached hydrogens (tertiary/aromatic N) is 1. The van der Waals surface area contributed by atoms with E-state index in [1.807, 2.05) is 30.3 Å². The van der Waals surface area contributed by atoms with E-state index >= 15 is 0 Å². The molecule has 40 heavy (non-hydrogen) atoms. The summed E-state index contributed by atoms with van der Waals surface area (Å²) in [6.07, 6.45) is 1.08. The van der Waals surface area contributed by atoms with Crippen molar-refractivity contribution in [1.82, 2.24) is 9.79 Å². The summed E-state index contributed by atoms with van der Waals surface area (Å²) in [5.41, 5.74) is 7.00. The lowest BCUT2D eigenvalue weighted by Crippen LogP contribution is -2.51. The van der Waals surface area contributed by atoms with Crippen molar-refractivity contribution in [2.75, 3.05) is 25.5 Å². The van der Waals surface area contributed by atoms with Crippen molar-refractivity contribution < 1.29 is 37.4 Å². The van der Waals surface area contributed by atoms with Crippen LogP contribution in [0.4, 0.5) is 10.5 Å². The van der Waals surface area contributed by atoms with Crippen molar-refractivity contribution >= 4 is 21.8 Å². The molecular formula is C28H37N3O8S. The third-order valence-corrected chi connectivity index (χ3v) is 9.26. The van der Waals surface area contributed by atoms with E-state index in [2.05, 4.69) is 5.32 Å². The van der Waals surface area contributed by atoms with Crippen molar-refractivity contribution in [1.29, 1.82) is 0 Å². The molecule has 2 aliphatic heterocycles. The predicted molar refractivity (Wildman–Crippen MR) is 145 cm³/mol. The average molecular weight is 576 g/mol. The van der Waals surface area contributed by atoms with Gasteiger partial charge < -0.3 is 30.4 Å². The van der Waals surface area contributed by atoms with E-state index in [1.165, 1.54) is 12.1 Å². The van der Waals surface area contributed by atoms with Crippen LogP contribution in [0.1, 0.15) is 37.7 Å². The zero-order valence-corrected chi connectivity index (χ0v) is 23.1. The lowest BCUT2D eigenvalue weighted by atomic mass is 10.0. The summed E-state index contributed by atoms with van der Waals surface area (Å²) in [5.74, 6) is -0.0398. The number of benzene rings is 2. The molecule has 0 unspecified atom stereocenters. The Morgan fingerprint density at radius 2 is 1.88 bits per heavy atom. The lowest BCUT2D eigenvalue weighted by Gasteiger charge is -2.31. The molecule has 0 radical (unpaired) electrons. The first-order valence-electron chi connectivity index (χ1n) is 13.8. The number of aliphatic hydroxyl groups excluding tert-OH is 1. The second-order valence-electron chi connectivity index (χ2n) is 10.6. The largest absolute Gasteiger partial charge is 0.443 e. The highest BCUT2D eigenvalue weighted by Gasteiger charge is 2.44. The summed E-state index contributed by atoms with van der Waals surface area (Å²) < 4.78 is 44.9. The fourth-order valence-corrected chi connectivity index (χ4v) is 6.81. The van der Waals surface area contributed by atoms with Crippen LogP contribution in [0.3, 0.4) is 0 Å². The smallest absolute Gasteiger partial charge is 0.407 e. The number of hydroxylamine groups is 1. The van der Waals surface area contributed by atoms with E-state index in [-0.39, 0.29) is 36.2 Å². The maximum atomic E-state index is 13.6. The topological polar surface area (TPSA) is 150 Å². The molecule has 2 saturated heterocycles. The monoisotopic (exact) mass is 575 g/mol. The fourth-order valence-electron chi connectivity index (χ4n) is 5.45. The van der Waals surface area contributed by atoms with Gasteiger partial charge in [0, 0.05) is 5.69 Å². The van der Waals surface area contributed by atoms with Gasteiger partial charge in [-0.3, -0.25) is 4.84 Å². The van der Waals surface area contributed by atoms with Crippen molar-refractivity contribution in [3.05, 3.63) is 60.2 Å². The van der Waals surface area contributed by atoms with Gasteiger partial charge in [0.15, 0.2) is 6.29 Å². The van der Waals surface area contributed by atoms with Gasteiger partial charge in [-0.15, -0.1) is 0 Å². The zero-order valence-electron chi connectivity index (χ0n) is 22.3. The molecule has 2 aromatic rings. The number of hydrogen-bond donors (Lipinski definition) is 3. The molecule has 5 rings (SSSR count). The van der Waals surface area contributed by atoms with Gasteiger partial charge in [-0.25, -0.2) is 13.2 Å². The van der Waals surface area contributed by atoms with Crippen molar-refractivity contribution in [3.8, 4) is 0 Å². The number of hydrogen-bond acceptors (Lipinski definition) is 9. The van der Waals surface area contributed by atoms with E-state index < -0.39 is 40.9 Å². The number of fused-ring (bicyclic) bond motifs is 1. The highest BCUT2D eigenvalue weighted by atomic mass is 32.2. The van der Waals surface area contributed by atoms with Crippen LogP contribution in [-0.2, 0) is 35.5 Å². The molecule has 0 aromatic heterocycles. The van der Waals surface area contributed by atoms with Crippen molar-refractivity contribution in [2.24, 2.45) is 5.92 Å². The highest BCUT2D eigenvalue weighted by molar-refractivity contribution is 7.89. The molecule has 3 aliphatic rings. The molecule has 1 amide bonds. The molecule has 2 aromatic carbocycles. The minimum atomic E-state index is -4.17. The van der Waals surface area contributed by atoms with E-state index in [0.29, 0.717) is 25.1 Å². The minimum absolute atomic E-state index is 0.0398. The number of nitrogen functional groups attached to an aromatic ring is 1. The Morgan fingerprint density at radius 3 is 2.62 bits per heavy atom. The summed E-state index contributed by atoms with van der Waals surface area (Å²) >= 11 is 0. The second-order valence-corrected chi connectivity index (χ2v) is 12.4. The van der Waals surface area contributed by atoms with Crippen LogP contribution in [0.15, 0.2) is 59.5 Å². The van der Waals surface area contributed by atoms with Crippen molar-refractivity contribution in [2.45, 2.75) is 74.1 Å². The standard InChI is InChI=1S/C28H37N3O8S/c29-20-9-6-12-22(16-20)40(34,35)31(39-21-10-4-5-11-21)17-25(32)24(15-19-7-2-1-3-8-19)30-28(33)38-26-18-37-27-23(26)13-14-36-27/h1-3,6-9,12,16,21,23-27,32H,4-5,10-11,13-15,17-18,29H2,(H,30,33)/t23-,24+,25-,26-,27+/m1/s1. The van der Waals surface area contributed by atoms with Gasteiger partial charge in [0.1, 0.15) is 6.10 Å². The highest BCUT2D eigenvalue weighted by Crippen LogP contribution is 2.33. The van der Waals surface area contributed by atoms with Crippen LogP contribution in [0.2, 0.25) is 0 Å². The third-order valence-electron chi connectivity index (χ3n) is 7.64. The Labute approximate surface area is 234 Å². The SMILES string of the molecule is Nc1cccc(S(=O)(=O)N(C[C@@H](O)[C@H](Cc2ccccc2)NC(=O)O[C@@H]2CO[C@@H]3OCC[C@@H]32)OC2CCCC2)c1. The first-order valence-corrected chi connectivity index (χ1v) is 15.2. The molecule has 2 heterocycles. The summed E-state index contributed by atoms with van der Waals surface area (Å²) in [6.45, 7) is 0.372. The van der Waals surface area contributed by atoms with Crippen LogP contribution in [0.25, 0.3) is 0 Å². The fraction of sp³-hybridized carbons (Fsp3) is 0.536. The Balaban J connectivity index is 1.34. The van der Waals surface area contributed by atoms with Gasteiger partial charge in [-0.05, 0) is 49.4 Å². The Bertz CT molecular complexity index is 1240. The number of ether oxygens (including phenoxy) is 3. The van der Waals surface area contributed by atoms with Gasteiger partial charge >= 0.3 is 6.09 Å². The summed E-state index contributed by atoms with van der Waals surface area (Å²) in [4.78, 5) is 18.9. The summed E-state index contributed by atoms with van der Waals surface area (Å²) in [7, 11) is -4.17. The Morgan fingerprint density at radius 1 is 1.10 bits per heavy atom. The lowest BCUT2D eigenvalue weighted by molar-refractivity contribution is -0.145. The van der Waals surface area contributed by atoms with Crippen LogP contribution in [-0.4, -0.2) is 74.5 Å². The first-order chi connectivity index (χ1) is 19.3. The van der Waals surface area contributed by atoms with Crippen LogP contribution < -0.4 is 11.1 Å². The van der Waals surface area contributed by atoms with Gasteiger partial charge in [0.2, 0.25) is 0 Å². The van der Waals surface area contributed by atoms with Crippen molar-refractivity contribution in [3.63, 3.8) is 0 Å². The molecule has 1 aliphatic carbocycles. The second kappa shape index (κ2) is 12.8. The van der Waals surface area contributed by atoms with Crippen LogP contribution in [0.5, 0.6) is 0 Å². The van der Waals surface area contributed by atoms with Gasteiger partial charge in [0.25, 0.3) is 10.0 Å². The average Bonchev–Trinajstić information content (AvgIpc) is 3.69. The number of carbonyl (C=O) groups is 1. The number of aliphatic hydroxyl groups is 1. The predicted octanol–water partition coefficient (Wildman–Crippen LogP) is 2.59. The molecular weight excluding hydrogens is 538 g/mol. The van der Waals surface area contributed by atoms with Gasteiger partial charge in [-0.2, -0.15) is 0 Å². The normalized spacial score (nSPS) is 24.6. The molecule has 0 spiro atoms. The maximum absolute atomic E-state index is 13.6. The number of sulfonamides is 1. The number of amides is 1. The Hall–Kier alpha value is -2.74. The van der Waals surface area contributed by atoms with E-state index in [9.17, 15) is 18.3 Å². The number of anilines is 1. The van der Waals surface area contributed by atoms with Gasteiger partial charge in [-0.1, -0.05) is 53.7 Å². The van der Waals surface area contributed by atoms with E-state index in [1.54, 1.807) is 12.1 Å². The number of alkyl carbamates (subject to hydrolysis) is 1. The van der Waals surface area contributed by atoms with Gasteiger partial charge in [0.05, 0.1) is 48.8 Å². The number of rotatable bonds is 11. The third kappa shape index (κ3) is 6.93. The van der Waals surface area contributed by atoms with Crippen LogP contribution >= 0.6 is 0 Å². The molecule has 5 atom stereocenters. The number of nitrogens with one attached hydrogen (secondary N) is 1. The first kappa shape index (κ1) is 28.8. The maximum Gasteiger partial charge on any atom is 0.407 e. The number of nitrogens with two attached hydrogens (primary N) is 1. The molecule has 0 bridgehead atoms. The van der Waals surface area contributed by atoms with E-state index in [4.69, 9.17) is 24.8 Å². The molecule has 12 heteroatoms. The zero-order chi connectivity index (χ0) is 28.1. The quantitative estimate of drug-likeness (QED) is 0.271. The Kier molecular flexibility index (Phi) is 9.24. The summed E-state index contributed by atoms with van der Waals surface area (Å²) in [6, 6.07) is 14.4. The minimum Gasteiger partial charge on any atom is -0.443 e. The molecule has 1 saturated carbocycles. The molecule has 4 N–H and O–H groups in total. The molecule has 218 valence electrons. The molecule has 11 nitrogen and oxygen atoms in total. The van der Waals surface area contributed by atoms with Crippen LogP contribution in [0, 0.1) is 5.92 Å². The number of carbonyl (C=O) groups excluding carboxylic acids is 1.